The maximum atomic E-state index is 4.47. The maximum Gasteiger partial charge on any atom is 0.0629 e. The highest BCUT2D eigenvalue weighted by Crippen LogP contribution is 2.25. The van der Waals surface area contributed by atoms with Gasteiger partial charge in [-0.15, -0.1) is 0 Å². The molecule has 80 valence electrons. The fraction of sp³-hybridized carbons (Fsp3) is 0.500. The van der Waals surface area contributed by atoms with E-state index in [-0.39, 0.29) is 0 Å². The predicted octanol–water partition coefficient (Wildman–Crippen LogP) is 3.98. The van der Waals surface area contributed by atoms with Crippen molar-refractivity contribution in [2.75, 3.05) is 0 Å². The molecule has 0 N–H and O–H groups in total. The smallest absolute Gasteiger partial charge is 0.0629 e. The van der Waals surface area contributed by atoms with E-state index in [2.05, 4.69) is 29.3 Å². The second kappa shape index (κ2) is 5.11. The highest BCUT2D eigenvalue weighted by atomic mass is 14.7. The number of pyridine rings is 1. The number of aryl methyl sites for hydroxylation is 1. The topological polar surface area (TPSA) is 12.9 Å². The highest BCUT2D eigenvalue weighted by Gasteiger charge is 2.09. The van der Waals surface area contributed by atoms with Crippen molar-refractivity contribution >= 4 is 6.08 Å². The molecule has 15 heavy (non-hydrogen) atoms. The Bertz CT molecular complexity index is 335. The molecule has 0 aliphatic heterocycles. The Balaban J connectivity index is 1.97. The van der Waals surface area contributed by atoms with Crippen molar-refractivity contribution in [3.63, 3.8) is 0 Å². The van der Waals surface area contributed by atoms with Gasteiger partial charge in [0.25, 0.3) is 0 Å². The van der Waals surface area contributed by atoms with Crippen LogP contribution in [-0.2, 0) is 0 Å². The van der Waals surface area contributed by atoms with Gasteiger partial charge >= 0.3 is 0 Å². The molecule has 0 radical (unpaired) electrons. The van der Waals surface area contributed by atoms with Crippen molar-refractivity contribution in [1.29, 1.82) is 0 Å². The van der Waals surface area contributed by atoms with Crippen LogP contribution >= 0.6 is 0 Å². The summed E-state index contributed by atoms with van der Waals surface area (Å²) in [5.74, 6) is 0.793. The molecule has 1 aromatic heterocycles. The summed E-state index contributed by atoms with van der Waals surface area (Å²) in [6.07, 6.45) is 11.5. The van der Waals surface area contributed by atoms with E-state index in [1.165, 1.54) is 32.1 Å². The zero-order valence-corrected chi connectivity index (χ0v) is 9.45. The zero-order chi connectivity index (χ0) is 10.5. The Labute approximate surface area is 92.2 Å². The predicted molar refractivity (Wildman–Crippen MR) is 64.6 cm³/mol. The van der Waals surface area contributed by atoms with Crippen LogP contribution < -0.4 is 0 Å². The fourth-order valence-corrected chi connectivity index (χ4v) is 2.22. The van der Waals surface area contributed by atoms with E-state index in [0.29, 0.717) is 0 Å². The van der Waals surface area contributed by atoms with E-state index in [9.17, 15) is 0 Å². The van der Waals surface area contributed by atoms with Gasteiger partial charge < -0.3 is 0 Å². The third-order valence-electron chi connectivity index (χ3n) is 3.10. The molecule has 0 atom stereocenters. The second-order valence-electron chi connectivity index (χ2n) is 4.46. The second-order valence-corrected chi connectivity index (χ2v) is 4.46. The monoisotopic (exact) mass is 201 g/mol. The van der Waals surface area contributed by atoms with Crippen LogP contribution in [0.3, 0.4) is 0 Å². The number of hydrogen-bond donors (Lipinski definition) is 0. The number of rotatable bonds is 2. The number of aromatic nitrogens is 1. The van der Waals surface area contributed by atoms with Gasteiger partial charge in [0.15, 0.2) is 0 Å². The van der Waals surface area contributed by atoms with Crippen molar-refractivity contribution in [2.45, 2.75) is 39.0 Å². The van der Waals surface area contributed by atoms with Crippen molar-refractivity contribution < 1.29 is 0 Å². The quantitative estimate of drug-likeness (QED) is 0.705. The van der Waals surface area contributed by atoms with E-state index in [0.717, 1.165) is 17.3 Å². The van der Waals surface area contributed by atoms with E-state index < -0.39 is 0 Å². The number of hydrogen-bond acceptors (Lipinski definition) is 1. The van der Waals surface area contributed by atoms with Crippen LogP contribution in [0.25, 0.3) is 6.08 Å². The van der Waals surface area contributed by atoms with Gasteiger partial charge in [-0.1, -0.05) is 31.4 Å². The van der Waals surface area contributed by atoms with E-state index in [1.807, 2.05) is 13.0 Å². The maximum absolute atomic E-state index is 4.47. The first-order valence-corrected chi connectivity index (χ1v) is 5.96. The largest absolute Gasteiger partial charge is 0.254 e. The Kier molecular flexibility index (Phi) is 3.54. The lowest BCUT2D eigenvalue weighted by molar-refractivity contribution is 0.420. The fourth-order valence-electron chi connectivity index (χ4n) is 2.22. The first-order chi connectivity index (χ1) is 7.34. The van der Waals surface area contributed by atoms with Crippen molar-refractivity contribution in [3.8, 4) is 0 Å². The molecule has 1 aliphatic rings. The molecule has 1 heteroatoms. The summed E-state index contributed by atoms with van der Waals surface area (Å²) in [7, 11) is 0. The molecular weight excluding hydrogens is 182 g/mol. The minimum Gasteiger partial charge on any atom is -0.254 e. The highest BCUT2D eigenvalue weighted by molar-refractivity contribution is 5.44. The normalized spacial score (nSPS) is 18.5. The summed E-state index contributed by atoms with van der Waals surface area (Å²) < 4.78 is 0. The zero-order valence-electron chi connectivity index (χ0n) is 9.45. The van der Waals surface area contributed by atoms with Crippen molar-refractivity contribution in [3.05, 3.63) is 35.7 Å². The first kappa shape index (κ1) is 10.4. The molecule has 1 heterocycles. The minimum atomic E-state index is 0.793. The summed E-state index contributed by atoms with van der Waals surface area (Å²) in [5.41, 5.74) is 2.20. The molecule has 0 unspecified atom stereocenters. The number of nitrogens with zero attached hydrogens (tertiary/aromatic N) is 1. The molecule has 0 amide bonds. The van der Waals surface area contributed by atoms with Crippen LogP contribution in [0.5, 0.6) is 0 Å². The Morgan fingerprint density at radius 3 is 2.73 bits per heavy atom. The van der Waals surface area contributed by atoms with Crippen LogP contribution in [0.4, 0.5) is 0 Å². The molecule has 0 aromatic carbocycles. The standard InChI is InChI=1S/C14H19N/c1-12-6-5-9-14(15-12)11-10-13-7-3-2-4-8-13/h5-6,9-11,13H,2-4,7-8H2,1H3/b11-10+. The Hall–Kier alpha value is -1.11. The van der Waals surface area contributed by atoms with Gasteiger partial charge in [0.1, 0.15) is 0 Å². The van der Waals surface area contributed by atoms with Gasteiger partial charge in [0.2, 0.25) is 0 Å². The van der Waals surface area contributed by atoms with Gasteiger partial charge in [-0.05, 0) is 43.9 Å². The van der Waals surface area contributed by atoms with E-state index >= 15 is 0 Å². The van der Waals surface area contributed by atoms with E-state index in [4.69, 9.17) is 0 Å². The van der Waals surface area contributed by atoms with Crippen molar-refractivity contribution in [2.24, 2.45) is 5.92 Å². The number of allylic oxidation sites excluding steroid dienone is 1. The Morgan fingerprint density at radius 1 is 1.20 bits per heavy atom. The lowest BCUT2D eigenvalue weighted by Gasteiger charge is -2.17. The van der Waals surface area contributed by atoms with Crippen molar-refractivity contribution in [1.82, 2.24) is 4.98 Å². The molecule has 1 saturated carbocycles. The molecule has 0 spiro atoms. The molecule has 1 nitrogen and oxygen atoms in total. The van der Waals surface area contributed by atoms with Gasteiger partial charge in [-0.25, -0.2) is 0 Å². The SMILES string of the molecule is Cc1cccc(/C=C/C2CCCCC2)n1. The van der Waals surface area contributed by atoms with Crippen LogP contribution in [0, 0.1) is 12.8 Å². The van der Waals surface area contributed by atoms with Crippen LogP contribution in [-0.4, -0.2) is 4.98 Å². The van der Waals surface area contributed by atoms with E-state index in [1.54, 1.807) is 0 Å². The molecule has 1 fully saturated rings. The average molecular weight is 201 g/mol. The summed E-state index contributed by atoms with van der Waals surface area (Å²) in [5, 5.41) is 0. The summed E-state index contributed by atoms with van der Waals surface area (Å²) in [6, 6.07) is 6.19. The molecule has 2 rings (SSSR count). The average Bonchev–Trinajstić information content (AvgIpc) is 2.28. The lowest BCUT2D eigenvalue weighted by Crippen LogP contribution is -2.02. The van der Waals surface area contributed by atoms with Crippen LogP contribution in [0.15, 0.2) is 24.3 Å². The third-order valence-corrected chi connectivity index (χ3v) is 3.10. The molecule has 0 bridgehead atoms. The van der Waals surface area contributed by atoms with Gasteiger partial charge in [-0.3, -0.25) is 4.98 Å². The van der Waals surface area contributed by atoms with Gasteiger partial charge in [0.05, 0.1) is 5.69 Å². The molecule has 0 saturated heterocycles. The molecule has 1 aromatic rings. The summed E-state index contributed by atoms with van der Waals surface area (Å²) in [4.78, 5) is 4.47. The summed E-state index contributed by atoms with van der Waals surface area (Å²) in [6.45, 7) is 2.04. The third kappa shape index (κ3) is 3.19. The first-order valence-electron chi connectivity index (χ1n) is 5.96. The Morgan fingerprint density at radius 2 is 2.00 bits per heavy atom. The lowest BCUT2D eigenvalue weighted by atomic mass is 9.89. The van der Waals surface area contributed by atoms with Crippen LogP contribution in [0.2, 0.25) is 0 Å². The van der Waals surface area contributed by atoms with Crippen LogP contribution in [0.1, 0.15) is 43.5 Å². The molecule has 1 aliphatic carbocycles. The van der Waals surface area contributed by atoms with Gasteiger partial charge in [0, 0.05) is 5.69 Å². The summed E-state index contributed by atoms with van der Waals surface area (Å²) >= 11 is 0. The minimum absolute atomic E-state index is 0.793. The molecular formula is C14H19N. The van der Waals surface area contributed by atoms with Gasteiger partial charge in [-0.2, -0.15) is 0 Å².